The number of fused-ring (bicyclic) bond motifs is 1. The summed E-state index contributed by atoms with van der Waals surface area (Å²) in [6, 6.07) is 18.3. The molecule has 0 fully saturated rings. The zero-order valence-electron chi connectivity index (χ0n) is 15.6. The summed E-state index contributed by atoms with van der Waals surface area (Å²) in [7, 11) is 0. The van der Waals surface area contributed by atoms with E-state index in [0.717, 1.165) is 5.56 Å². The van der Waals surface area contributed by atoms with E-state index < -0.39 is 5.91 Å². The fraction of sp³-hybridized carbons (Fsp3) is 0.136. The van der Waals surface area contributed by atoms with Crippen molar-refractivity contribution >= 4 is 23.0 Å². The summed E-state index contributed by atoms with van der Waals surface area (Å²) in [6.45, 7) is 0. The lowest BCUT2D eigenvalue weighted by Gasteiger charge is -2.19. The van der Waals surface area contributed by atoms with Crippen LogP contribution in [0, 0.1) is 0 Å². The summed E-state index contributed by atoms with van der Waals surface area (Å²) in [4.78, 5) is 37.6. The molecule has 2 aromatic heterocycles. The predicted molar refractivity (Wildman–Crippen MR) is 108 cm³/mol. The number of nitrogens with zero attached hydrogens (tertiary/aromatic N) is 4. The highest BCUT2D eigenvalue weighted by Gasteiger charge is 2.21. The Hall–Kier alpha value is -3.87. The van der Waals surface area contributed by atoms with Crippen LogP contribution in [0.5, 0.6) is 0 Å². The fourth-order valence-electron chi connectivity index (χ4n) is 3.26. The van der Waals surface area contributed by atoms with Crippen molar-refractivity contribution in [1.82, 2.24) is 24.8 Å². The van der Waals surface area contributed by atoms with Gasteiger partial charge < -0.3 is 4.57 Å². The third-order valence-electron chi connectivity index (χ3n) is 4.66. The predicted octanol–water partition coefficient (Wildman–Crippen LogP) is 2.96. The number of rotatable bonds is 6. The van der Waals surface area contributed by atoms with Crippen molar-refractivity contribution in [2.75, 3.05) is 0 Å². The molecule has 7 nitrogen and oxygen atoms in total. The molecule has 2 heterocycles. The Bertz CT molecular complexity index is 1130. The lowest BCUT2D eigenvalue weighted by molar-refractivity contribution is -0.120. The van der Waals surface area contributed by atoms with Gasteiger partial charge in [-0.05, 0) is 24.1 Å². The highest BCUT2D eigenvalue weighted by molar-refractivity contribution is 6.04. The molecule has 1 N–H and O–H groups in total. The van der Waals surface area contributed by atoms with Gasteiger partial charge in [-0.15, -0.1) is 0 Å². The molecule has 2 amide bonds. The Morgan fingerprint density at radius 1 is 0.966 bits per heavy atom. The minimum absolute atomic E-state index is 0.114. The van der Waals surface area contributed by atoms with Crippen molar-refractivity contribution in [3.8, 4) is 0 Å². The maximum Gasteiger partial charge on any atom is 0.257 e. The normalized spacial score (nSPS) is 11.9. The topological polar surface area (TPSA) is 89.8 Å². The first-order chi connectivity index (χ1) is 14.2. The first-order valence-corrected chi connectivity index (χ1v) is 9.26. The molecule has 1 atom stereocenters. The van der Waals surface area contributed by atoms with Crippen molar-refractivity contribution in [3.05, 3.63) is 90.6 Å². The SMILES string of the molecule is O=C(CC(Cc1ccccc1)n1cnc2cncnc21)NC(=O)c1ccccc1. The molecule has 4 aromatic rings. The Labute approximate surface area is 167 Å². The number of imide groups is 1. The van der Waals surface area contributed by atoms with Gasteiger partial charge in [0.1, 0.15) is 11.8 Å². The van der Waals surface area contributed by atoms with Crippen LogP contribution in [0.3, 0.4) is 0 Å². The van der Waals surface area contributed by atoms with Crippen LogP contribution < -0.4 is 5.32 Å². The quantitative estimate of drug-likeness (QED) is 0.551. The molecule has 0 saturated carbocycles. The van der Waals surface area contributed by atoms with Gasteiger partial charge in [-0.1, -0.05) is 48.5 Å². The summed E-state index contributed by atoms with van der Waals surface area (Å²) in [6.07, 6.45) is 5.47. The minimum atomic E-state index is -0.410. The Morgan fingerprint density at radius 2 is 1.69 bits per heavy atom. The van der Waals surface area contributed by atoms with E-state index in [2.05, 4.69) is 20.3 Å². The minimum Gasteiger partial charge on any atom is -0.311 e. The molecule has 0 saturated heterocycles. The van der Waals surface area contributed by atoms with Crippen molar-refractivity contribution < 1.29 is 9.59 Å². The highest BCUT2D eigenvalue weighted by atomic mass is 16.2. The van der Waals surface area contributed by atoms with Gasteiger partial charge >= 0.3 is 0 Å². The van der Waals surface area contributed by atoms with Crippen molar-refractivity contribution in [1.29, 1.82) is 0 Å². The third kappa shape index (κ3) is 4.35. The number of hydrogen-bond acceptors (Lipinski definition) is 5. The third-order valence-corrected chi connectivity index (χ3v) is 4.66. The number of amides is 2. The Kier molecular flexibility index (Phi) is 5.38. The lowest BCUT2D eigenvalue weighted by Crippen LogP contribution is -2.32. The highest BCUT2D eigenvalue weighted by Crippen LogP contribution is 2.22. The van der Waals surface area contributed by atoms with Crippen LogP contribution in [0.2, 0.25) is 0 Å². The van der Waals surface area contributed by atoms with E-state index in [9.17, 15) is 9.59 Å². The average Bonchev–Trinajstić information content (AvgIpc) is 3.19. The second-order valence-electron chi connectivity index (χ2n) is 6.67. The standard InChI is InChI=1S/C22H19N5O2/c28-20(26-22(29)17-9-5-2-6-10-17)12-18(11-16-7-3-1-4-8-16)27-15-25-19-13-23-14-24-21(19)27/h1-10,13-15,18H,11-12H2,(H,26,28,29). The molecule has 0 aliphatic carbocycles. The molecule has 29 heavy (non-hydrogen) atoms. The van der Waals surface area contributed by atoms with Gasteiger partial charge in [0.15, 0.2) is 5.65 Å². The number of imidazole rings is 1. The lowest BCUT2D eigenvalue weighted by atomic mass is 10.0. The maximum atomic E-state index is 12.7. The van der Waals surface area contributed by atoms with Gasteiger partial charge in [-0.2, -0.15) is 0 Å². The van der Waals surface area contributed by atoms with E-state index in [0.29, 0.717) is 23.1 Å². The molecular formula is C22H19N5O2. The second kappa shape index (κ2) is 8.43. The monoisotopic (exact) mass is 385 g/mol. The number of benzene rings is 2. The summed E-state index contributed by atoms with van der Waals surface area (Å²) >= 11 is 0. The average molecular weight is 385 g/mol. The van der Waals surface area contributed by atoms with E-state index in [-0.39, 0.29) is 18.4 Å². The van der Waals surface area contributed by atoms with Crippen LogP contribution in [-0.4, -0.2) is 31.3 Å². The first-order valence-electron chi connectivity index (χ1n) is 9.26. The Morgan fingerprint density at radius 3 is 2.45 bits per heavy atom. The van der Waals surface area contributed by atoms with E-state index >= 15 is 0 Å². The molecule has 0 aliphatic heterocycles. The zero-order chi connectivity index (χ0) is 20.1. The van der Waals surface area contributed by atoms with E-state index in [1.165, 1.54) is 6.33 Å². The fourth-order valence-corrected chi connectivity index (χ4v) is 3.26. The van der Waals surface area contributed by atoms with Gasteiger partial charge in [0, 0.05) is 18.0 Å². The van der Waals surface area contributed by atoms with E-state index in [1.807, 2.05) is 41.0 Å². The molecular weight excluding hydrogens is 366 g/mol. The van der Waals surface area contributed by atoms with Crippen LogP contribution >= 0.6 is 0 Å². The maximum absolute atomic E-state index is 12.7. The molecule has 1 unspecified atom stereocenters. The molecule has 7 heteroatoms. The van der Waals surface area contributed by atoms with Gasteiger partial charge in [-0.25, -0.2) is 15.0 Å². The molecule has 0 radical (unpaired) electrons. The smallest absolute Gasteiger partial charge is 0.257 e. The van der Waals surface area contributed by atoms with Crippen LogP contribution in [0.1, 0.15) is 28.4 Å². The molecule has 144 valence electrons. The number of hydrogen-bond donors (Lipinski definition) is 1. The molecule has 2 aromatic carbocycles. The zero-order valence-corrected chi connectivity index (χ0v) is 15.6. The molecule has 0 aliphatic rings. The van der Waals surface area contributed by atoms with Gasteiger partial charge in [0.25, 0.3) is 5.91 Å². The number of nitrogens with one attached hydrogen (secondary N) is 1. The Balaban J connectivity index is 1.57. The summed E-state index contributed by atoms with van der Waals surface area (Å²) in [5.41, 5.74) is 2.84. The molecule has 4 rings (SSSR count). The van der Waals surface area contributed by atoms with Crippen molar-refractivity contribution in [2.24, 2.45) is 0 Å². The summed E-state index contributed by atoms with van der Waals surface area (Å²) in [5.74, 6) is -0.762. The van der Waals surface area contributed by atoms with E-state index in [1.54, 1.807) is 36.8 Å². The molecule has 0 bridgehead atoms. The number of carbonyl (C=O) groups is 2. The number of aromatic nitrogens is 4. The van der Waals surface area contributed by atoms with Gasteiger partial charge in [0.2, 0.25) is 5.91 Å². The number of carbonyl (C=O) groups excluding carboxylic acids is 2. The van der Waals surface area contributed by atoms with Gasteiger partial charge in [0.05, 0.1) is 12.5 Å². The summed E-state index contributed by atoms with van der Waals surface area (Å²) in [5, 5.41) is 2.48. The largest absolute Gasteiger partial charge is 0.311 e. The van der Waals surface area contributed by atoms with Crippen LogP contribution in [0.4, 0.5) is 0 Å². The van der Waals surface area contributed by atoms with Crippen LogP contribution in [0.15, 0.2) is 79.5 Å². The van der Waals surface area contributed by atoms with Crippen LogP contribution in [-0.2, 0) is 11.2 Å². The summed E-state index contributed by atoms with van der Waals surface area (Å²) < 4.78 is 1.87. The van der Waals surface area contributed by atoms with Gasteiger partial charge in [-0.3, -0.25) is 14.9 Å². The second-order valence-corrected chi connectivity index (χ2v) is 6.67. The molecule has 0 spiro atoms. The van der Waals surface area contributed by atoms with Crippen LogP contribution in [0.25, 0.3) is 11.2 Å². The first kappa shape index (κ1) is 18.5. The van der Waals surface area contributed by atoms with Crippen molar-refractivity contribution in [2.45, 2.75) is 18.9 Å². The van der Waals surface area contributed by atoms with Crippen molar-refractivity contribution in [3.63, 3.8) is 0 Å². The van der Waals surface area contributed by atoms with E-state index in [4.69, 9.17) is 0 Å².